The van der Waals surface area contributed by atoms with Gasteiger partial charge in [-0.1, -0.05) is 25.0 Å². The second-order valence-corrected chi connectivity index (χ2v) is 7.93. The van der Waals surface area contributed by atoms with Crippen LogP contribution in [0.4, 0.5) is 0 Å². The molecule has 2 fully saturated rings. The highest BCUT2D eigenvalue weighted by Gasteiger charge is 2.40. The lowest BCUT2D eigenvalue weighted by Gasteiger charge is -2.34. The number of amides is 5. The van der Waals surface area contributed by atoms with E-state index >= 15 is 0 Å². The number of hydrogen-bond donors (Lipinski definition) is 2. The van der Waals surface area contributed by atoms with E-state index in [0.717, 1.165) is 19.3 Å². The van der Waals surface area contributed by atoms with E-state index < -0.39 is 11.9 Å². The fourth-order valence-corrected chi connectivity index (χ4v) is 4.52. The smallest absolute Gasteiger partial charge is 0.261 e. The molecule has 152 valence electrons. The molecular formula is C21H23N3O5. The molecule has 29 heavy (non-hydrogen) atoms. The summed E-state index contributed by atoms with van der Waals surface area (Å²) in [4.78, 5) is 62.7. The van der Waals surface area contributed by atoms with Gasteiger partial charge in [-0.3, -0.25) is 34.2 Å². The molecular weight excluding hydrogens is 374 g/mol. The third-order valence-corrected chi connectivity index (χ3v) is 6.10. The Kier molecular flexibility index (Phi) is 5.17. The summed E-state index contributed by atoms with van der Waals surface area (Å²) in [6.45, 7) is 0.194. The van der Waals surface area contributed by atoms with Gasteiger partial charge in [0.1, 0.15) is 6.04 Å². The van der Waals surface area contributed by atoms with Crippen LogP contribution < -0.4 is 10.6 Å². The summed E-state index contributed by atoms with van der Waals surface area (Å²) in [7, 11) is 0. The highest BCUT2D eigenvalue weighted by molar-refractivity contribution is 6.21. The number of imide groups is 2. The average Bonchev–Trinajstić information content (AvgIpc) is 2.96. The van der Waals surface area contributed by atoms with Gasteiger partial charge in [-0.25, -0.2) is 0 Å². The molecule has 4 rings (SSSR count). The Morgan fingerprint density at radius 2 is 1.66 bits per heavy atom. The summed E-state index contributed by atoms with van der Waals surface area (Å²) in [5.74, 6) is -2.23. The molecule has 2 heterocycles. The molecule has 3 unspecified atom stereocenters. The summed E-state index contributed by atoms with van der Waals surface area (Å²) in [5, 5.41) is 5.00. The van der Waals surface area contributed by atoms with E-state index in [-0.39, 0.29) is 54.9 Å². The van der Waals surface area contributed by atoms with Gasteiger partial charge < -0.3 is 5.32 Å². The zero-order valence-corrected chi connectivity index (χ0v) is 16.0. The van der Waals surface area contributed by atoms with Crippen molar-refractivity contribution in [3.05, 3.63) is 35.4 Å². The highest BCUT2D eigenvalue weighted by Crippen LogP contribution is 2.33. The van der Waals surface area contributed by atoms with Gasteiger partial charge in [0.15, 0.2) is 0 Å². The van der Waals surface area contributed by atoms with Gasteiger partial charge in [0.05, 0.1) is 11.1 Å². The first kappa shape index (κ1) is 19.3. The molecule has 1 saturated carbocycles. The third-order valence-electron chi connectivity index (χ3n) is 6.10. The molecule has 8 nitrogen and oxygen atoms in total. The van der Waals surface area contributed by atoms with Crippen molar-refractivity contribution in [1.29, 1.82) is 0 Å². The predicted molar refractivity (Wildman–Crippen MR) is 102 cm³/mol. The number of fused-ring (bicyclic) bond motifs is 1. The zero-order chi connectivity index (χ0) is 20.5. The van der Waals surface area contributed by atoms with Crippen molar-refractivity contribution < 1.29 is 24.0 Å². The third kappa shape index (κ3) is 3.66. The Bertz CT molecular complexity index is 861. The molecule has 2 aliphatic heterocycles. The number of carbonyl (C=O) groups excluding carboxylic acids is 5. The molecule has 0 aromatic heterocycles. The van der Waals surface area contributed by atoms with Crippen molar-refractivity contribution in [3.63, 3.8) is 0 Å². The van der Waals surface area contributed by atoms with Crippen LogP contribution in [0.15, 0.2) is 24.3 Å². The van der Waals surface area contributed by atoms with Crippen LogP contribution in [0.1, 0.15) is 59.2 Å². The minimum atomic E-state index is -0.720. The van der Waals surface area contributed by atoms with Gasteiger partial charge in [0, 0.05) is 18.9 Å². The van der Waals surface area contributed by atoms with Crippen molar-refractivity contribution in [1.82, 2.24) is 15.5 Å². The standard InChI is InChI=1S/C21H23N3O5/c25-17-10-9-16(19(27)23-17)22-18(26)13-6-2-1-5-12(13)11-24-20(28)14-7-3-4-8-15(14)21(24)29/h3-4,7-8,12-13,16H,1-2,5-6,9-11H2,(H,22,26)(H,23,25,27). The van der Waals surface area contributed by atoms with Gasteiger partial charge in [0.2, 0.25) is 17.7 Å². The molecule has 3 atom stereocenters. The Morgan fingerprint density at radius 1 is 1.00 bits per heavy atom. The molecule has 8 heteroatoms. The van der Waals surface area contributed by atoms with Crippen LogP contribution in [0, 0.1) is 11.8 Å². The molecule has 1 saturated heterocycles. The molecule has 1 aromatic carbocycles. The second-order valence-electron chi connectivity index (χ2n) is 7.93. The molecule has 3 aliphatic rings. The Hall–Kier alpha value is -3.03. The highest BCUT2D eigenvalue weighted by atomic mass is 16.2. The van der Waals surface area contributed by atoms with Gasteiger partial charge in [-0.05, 0) is 37.3 Å². The molecule has 0 radical (unpaired) electrons. The van der Waals surface area contributed by atoms with E-state index in [1.54, 1.807) is 24.3 Å². The summed E-state index contributed by atoms with van der Waals surface area (Å²) in [6, 6.07) is 6.02. The average molecular weight is 397 g/mol. The summed E-state index contributed by atoms with van der Waals surface area (Å²) >= 11 is 0. The monoisotopic (exact) mass is 397 g/mol. The minimum Gasteiger partial charge on any atom is -0.344 e. The van der Waals surface area contributed by atoms with Crippen LogP contribution in [-0.4, -0.2) is 47.0 Å². The van der Waals surface area contributed by atoms with Crippen LogP contribution in [0.5, 0.6) is 0 Å². The number of benzene rings is 1. The number of hydrogen-bond acceptors (Lipinski definition) is 5. The van der Waals surface area contributed by atoms with E-state index in [2.05, 4.69) is 10.6 Å². The van der Waals surface area contributed by atoms with Crippen molar-refractivity contribution in [2.45, 2.75) is 44.6 Å². The number of rotatable bonds is 4. The topological polar surface area (TPSA) is 113 Å². The van der Waals surface area contributed by atoms with Gasteiger partial charge in [-0.15, -0.1) is 0 Å². The number of piperidine rings is 1. The second kappa shape index (κ2) is 7.77. The van der Waals surface area contributed by atoms with Crippen LogP contribution >= 0.6 is 0 Å². The first-order chi connectivity index (χ1) is 14.0. The first-order valence-corrected chi connectivity index (χ1v) is 10.0. The summed E-state index contributed by atoms with van der Waals surface area (Å²) < 4.78 is 0. The number of carbonyl (C=O) groups is 5. The molecule has 0 bridgehead atoms. The lowest BCUT2D eigenvalue weighted by Crippen LogP contribution is -2.54. The lowest BCUT2D eigenvalue weighted by atomic mass is 9.78. The van der Waals surface area contributed by atoms with Crippen LogP contribution in [0.2, 0.25) is 0 Å². The number of nitrogens with zero attached hydrogens (tertiary/aromatic N) is 1. The fraction of sp³-hybridized carbons (Fsp3) is 0.476. The van der Waals surface area contributed by atoms with Crippen molar-refractivity contribution >= 4 is 29.5 Å². The lowest BCUT2D eigenvalue weighted by molar-refractivity contribution is -0.139. The molecule has 1 aliphatic carbocycles. The number of nitrogens with one attached hydrogen (secondary N) is 2. The van der Waals surface area contributed by atoms with E-state index in [1.807, 2.05) is 0 Å². The quantitative estimate of drug-likeness (QED) is 0.737. The van der Waals surface area contributed by atoms with Crippen molar-refractivity contribution in [2.75, 3.05) is 6.54 Å². The first-order valence-electron chi connectivity index (χ1n) is 10.0. The Labute approximate surface area is 168 Å². The Morgan fingerprint density at radius 3 is 2.31 bits per heavy atom. The summed E-state index contributed by atoms with van der Waals surface area (Å²) in [6.07, 6.45) is 3.67. The van der Waals surface area contributed by atoms with Gasteiger partial charge >= 0.3 is 0 Å². The van der Waals surface area contributed by atoms with Crippen LogP contribution in [-0.2, 0) is 14.4 Å². The fourth-order valence-electron chi connectivity index (χ4n) is 4.52. The van der Waals surface area contributed by atoms with Crippen LogP contribution in [0.3, 0.4) is 0 Å². The van der Waals surface area contributed by atoms with Crippen molar-refractivity contribution in [3.8, 4) is 0 Å². The predicted octanol–water partition coefficient (Wildman–Crippen LogP) is 1.01. The van der Waals surface area contributed by atoms with E-state index in [9.17, 15) is 24.0 Å². The largest absolute Gasteiger partial charge is 0.344 e. The Balaban J connectivity index is 1.45. The maximum absolute atomic E-state index is 12.9. The van der Waals surface area contributed by atoms with Gasteiger partial charge in [0.25, 0.3) is 11.8 Å². The minimum absolute atomic E-state index is 0.153. The van der Waals surface area contributed by atoms with Gasteiger partial charge in [-0.2, -0.15) is 0 Å². The molecule has 1 aromatic rings. The molecule has 0 spiro atoms. The zero-order valence-electron chi connectivity index (χ0n) is 16.0. The van der Waals surface area contributed by atoms with E-state index in [4.69, 9.17) is 0 Å². The maximum atomic E-state index is 12.9. The molecule has 2 N–H and O–H groups in total. The van der Waals surface area contributed by atoms with Crippen LogP contribution in [0.25, 0.3) is 0 Å². The van der Waals surface area contributed by atoms with E-state index in [1.165, 1.54) is 4.90 Å². The normalized spacial score (nSPS) is 26.9. The maximum Gasteiger partial charge on any atom is 0.261 e. The molecule has 5 amide bonds. The SMILES string of the molecule is O=C1CCC(NC(=O)C2CCCCC2CN2C(=O)c3ccccc3C2=O)C(=O)N1. The van der Waals surface area contributed by atoms with Crippen molar-refractivity contribution in [2.24, 2.45) is 11.8 Å². The van der Waals surface area contributed by atoms with E-state index in [0.29, 0.717) is 17.5 Å². The summed E-state index contributed by atoms with van der Waals surface area (Å²) in [5.41, 5.74) is 0.802.